The summed E-state index contributed by atoms with van der Waals surface area (Å²) in [5, 5.41) is 16.4. The molecule has 4 nitrogen and oxygen atoms in total. The molecule has 3 N–H and O–H groups in total. The van der Waals surface area contributed by atoms with E-state index in [1.54, 1.807) is 0 Å². The molecule has 44 valence electrons. The van der Waals surface area contributed by atoms with Gasteiger partial charge < -0.3 is 9.99 Å². The molecular weight excluding hydrogens is 110 g/mol. The van der Waals surface area contributed by atoms with E-state index in [9.17, 15) is 0 Å². The highest BCUT2D eigenvalue weighted by Crippen LogP contribution is 2.12. The lowest BCUT2D eigenvalue weighted by Crippen LogP contribution is -1.80. The first kappa shape index (κ1) is 4.99. The molecule has 0 saturated carbocycles. The van der Waals surface area contributed by atoms with Crippen molar-refractivity contribution in [3.8, 4) is 11.8 Å². The number of H-pyrrole nitrogens is 1. The van der Waals surface area contributed by atoms with E-state index >= 15 is 0 Å². The predicted octanol–water partition coefficient (Wildman–Crippen LogP) is 0.572. The zero-order valence-electron chi connectivity index (χ0n) is 3.96. The van der Waals surface area contributed by atoms with Crippen LogP contribution >= 0.6 is 0 Å². The summed E-state index contributed by atoms with van der Waals surface area (Å²) in [5.74, 6) is 0.0940. The van der Waals surface area contributed by atoms with Gasteiger partial charge in [0.05, 0.1) is 0 Å². The molecular formula is C4H5NO3. The molecule has 0 spiro atoms. The number of aromatic nitrogens is 1. The van der Waals surface area contributed by atoms with E-state index in [2.05, 4.69) is 9.87 Å². The molecule has 1 aromatic heterocycles. The number of hydrogen-bond acceptors (Lipinski definition) is 3. The maximum absolute atomic E-state index is 8.54. The molecule has 1 aromatic rings. The second-order valence-corrected chi connectivity index (χ2v) is 1.30. The first-order chi connectivity index (χ1) is 3.83. The summed E-state index contributed by atoms with van der Waals surface area (Å²) in [6, 6.07) is 2.76. The van der Waals surface area contributed by atoms with Crippen LogP contribution in [0.1, 0.15) is 0 Å². The molecule has 1 rings (SSSR count). The van der Waals surface area contributed by atoms with E-state index in [0.717, 1.165) is 0 Å². The number of nitrogens with one attached hydrogen (secondary N) is 1. The molecule has 0 unspecified atom stereocenters. The topological polar surface area (TPSA) is 65.5 Å². The lowest BCUT2D eigenvalue weighted by Gasteiger charge is -1.85. The van der Waals surface area contributed by atoms with E-state index < -0.39 is 0 Å². The van der Waals surface area contributed by atoms with Crippen molar-refractivity contribution in [3.05, 3.63) is 12.1 Å². The highest BCUT2D eigenvalue weighted by atomic mass is 17.1. The zero-order chi connectivity index (χ0) is 5.98. The second-order valence-electron chi connectivity index (χ2n) is 1.30. The molecule has 0 aromatic carbocycles. The van der Waals surface area contributed by atoms with Crippen molar-refractivity contribution in [1.29, 1.82) is 0 Å². The Kier molecular flexibility index (Phi) is 1.09. The van der Waals surface area contributed by atoms with Crippen LogP contribution in [0, 0.1) is 0 Å². The van der Waals surface area contributed by atoms with Gasteiger partial charge in [0.2, 0.25) is 5.88 Å². The second kappa shape index (κ2) is 1.75. The summed E-state index contributed by atoms with van der Waals surface area (Å²) < 4.78 is 0. The monoisotopic (exact) mass is 115 g/mol. The summed E-state index contributed by atoms with van der Waals surface area (Å²) >= 11 is 0. The van der Waals surface area contributed by atoms with Gasteiger partial charge >= 0.3 is 0 Å². The summed E-state index contributed by atoms with van der Waals surface area (Å²) in [4.78, 5) is 6.03. The van der Waals surface area contributed by atoms with Crippen LogP contribution in [0.4, 0.5) is 0 Å². The Morgan fingerprint density at radius 3 is 2.50 bits per heavy atom. The van der Waals surface area contributed by atoms with Gasteiger partial charge in [-0.15, -0.1) is 0 Å². The standard InChI is InChI=1S/C4H5NO3/c6-3-1-2-4(5-3)8-7/h1-2,5-7H. The third kappa shape index (κ3) is 0.737. The molecule has 4 heteroatoms. The van der Waals surface area contributed by atoms with Gasteiger partial charge in [0.1, 0.15) is 0 Å². The fourth-order valence-corrected chi connectivity index (χ4v) is 0.417. The minimum absolute atomic E-state index is 0.0333. The van der Waals surface area contributed by atoms with Crippen LogP contribution in [-0.4, -0.2) is 15.3 Å². The minimum atomic E-state index is -0.0333. The van der Waals surface area contributed by atoms with Crippen molar-refractivity contribution in [1.82, 2.24) is 4.98 Å². The van der Waals surface area contributed by atoms with Gasteiger partial charge in [-0.3, -0.25) is 4.98 Å². The Hall–Kier alpha value is -1.16. The Balaban J connectivity index is 2.84. The van der Waals surface area contributed by atoms with Gasteiger partial charge in [0, 0.05) is 12.1 Å². The molecule has 1 heterocycles. The quantitative estimate of drug-likeness (QED) is 0.370. The lowest BCUT2D eigenvalue weighted by atomic mass is 10.6. The number of hydrogen-bond donors (Lipinski definition) is 3. The van der Waals surface area contributed by atoms with E-state index in [-0.39, 0.29) is 11.8 Å². The molecule has 0 aliphatic rings. The van der Waals surface area contributed by atoms with Crippen LogP contribution in [0.25, 0.3) is 0 Å². The Morgan fingerprint density at radius 1 is 1.50 bits per heavy atom. The number of aromatic hydroxyl groups is 1. The van der Waals surface area contributed by atoms with E-state index in [1.165, 1.54) is 12.1 Å². The molecule has 0 aliphatic carbocycles. The number of rotatable bonds is 1. The molecule has 0 radical (unpaired) electrons. The van der Waals surface area contributed by atoms with Gasteiger partial charge in [0.25, 0.3) is 0 Å². The smallest absolute Gasteiger partial charge is 0.237 e. The fourth-order valence-electron chi connectivity index (χ4n) is 0.417. The Bertz CT molecular complexity index is 172. The SMILES string of the molecule is OOc1ccc(O)[nH]1. The van der Waals surface area contributed by atoms with Crippen molar-refractivity contribution in [3.63, 3.8) is 0 Å². The molecule has 0 amide bonds. The third-order valence-electron chi connectivity index (χ3n) is 0.742. The van der Waals surface area contributed by atoms with Crippen molar-refractivity contribution < 1.29 is 15.3 Å². The first-order valence-electron chi connectivity index (χ1n) is 2.02. The van der Waals surface area contributed by atoms with E-state index in [0.29, 0.717) is 0 Å². The highest BCUT2D eigenvalue weighted by molar-refractivity contribution is 5.20. The molecule has 0 saturated heterocycles. The number of aromatic amines is 1. The van der Waals surface area contributed by atoms with E-state index in [1.807, 2.05) is 0 Å². The van der Waals surface area contributed by atoms with Crippen molar-refractivity contribution in [2.24, 2.45) is 0 Å². The average Bonchev–Trinajstić information content (AvgIpc) is 2.14. The molecule has 0 bridgehead atoms. The Morgan fingerprint density at radius 2 is 2.25 bits per heavy atom. The summed E-state index contributed by atoms with van der Waals surface area (Å²) in [7, 11) is 0. The van der Waals surface area contributed by atoms with Crippen LogP contribution in [0.5, 0.6) is 11.8 Å². The molecule has 0 fully saturated rings. The summed E-state index contributed by atoms with van der Waals surface area (Å²) in [5.41, 5.74) is 0. The van der Waals surface area contributed by atoms with Gasteiger partial charge in [-0.05, 0) is 0 Å². The summed E-state index contributed by atoms with van der Waals surface area (Å²) in [6.07, 6.45) is 0. The molecule has 0 aliphatic heterocycles. The summed E-state index contributed by atoms with van der Waals surface area (Å²) in [6.45, 7) is 0. The van der Waals surface area contributed by atoms with Gasteiger partial charge in [-0.2, -0.15) is 0 Å². The Labute approximate surface area is 45.3 Å². The van der Waals surface area contributed by atoms with Crippen LogP contribution in [0.15, 0.2) is 12.1 Å². The van der Waals surface area contributed by atoms with Gasteiger partial charge in [-0.25, -0.2) is 5.26 Å². The van der Waals surface area contributed by atoms with E-state index in [4.69, 9.17) is 10.4 Å². The molecule has 0 atom stereocenters. The largest absolute Gasteiger partial charge is 0.495 e. The maximum Gasteiger partial charge on any atom is 0.237 e. The van der Waals surface area contributed by atoms with Gasteiger partial charge in [0.15, 0.2) is 5.88 Å². The zero-order valence-corrected chi connectivity index (χ0v) is 3.96. The highest BCUT2D eigenvalue weighted by Gasteiger charge is 1.93. The minimum Gasteiger partial charge on any atom is -0.495 e. The van der Waals surface area contributed by atoms with Crippen LogP contribution in [0.2, 0.25) is 0 Å². The maximum atomic E-state index is 8.54. The normalized spacial score (nSPS) is 9.12. The fraction of sp³-hybridized carbons (Fsp3) is 0. The van der Waals surface area contributed by atoms with Crippen molar-refractivity contribution in [2.45, 2.75) is 0 Å². The van der Waals surface area contributed by atoms with Crippen LogP contribution in [-0.2, 0) is 0 Å². The van der Waals surface area contributed by atoms with Crippen LogP contribution in [0.3, 0.4) is 0 Å². The molecule has 8 heavy (non-hydrogen) atoms. The van der Waals surface area contributed by atoms with Crippen molar-refractivity contribution >= 4 is 0 Å². The van der Waals surface area contributed by atoms with Crippen LogP contribution < -0.4 is 4.89 Å². The predicted molar refractivity (Wildman–Crippen MR) is 25.7 cm³/mol. The van der Waals surface area contributed by atoms with Crippen molar-refractivity contribution in [2.75, 3.05) is 0 Å². The lowest BCUT2D eigenvalue weighted by molar-refractivity contribution is -0.141. The van der Waals surface area contributed by atoms with Gasteiger partial charge in [-0.1, -0.05) is 0 Å². The first-order valence-corrected chi connectivity index (χ1v) is 2.02. The average molecular weight is 115 g/mol. The third-order valence-corrected chi connectivity index (χ3v) is 0.742.